The van der Waals surface area contributed by atoms with Crippen LogP contribution >= 0.6 is 0 Å². The maximum absolute atomic E-state index is 11.6. The van der Waals surface area contributed by atoms with Gasteiger partial charge in [0.25, 0.3) is 0 Å². The van der Waals surface area contributed by atoms with Gasteiger partial charge in [0.15, 0.2) is 5.78 Å². The summed E-state index contributed by atoms with van der Waals surface area (Å²) in [6, 6.07) is 7.20. The summed E-state index contributed by atoms with van der Waals surface area (Å²) in [5.41, 5.74) is 1.58. The van der Waals surface area contributed by atoms with Crippen LogP contribution in [-0.2, 0) is 9.53 Å². The minimum atomic E-state index is -0.497. The first-order chi connectivity index (χ1) is 7.63. The quantitative estimate of drug-likeness (QED) is 0.442. The molecule has 0 unspecified atom stereocenters. The van der Waals surface area contributed by atoms with E-state index in [-0.39, 0.29) is 5.78 Å². The molecule has 0 saturated heterocycles. The second-order valence-electron chi connectivity index (χ2n) is 3.32. The summed E-state index contributed by atoms with van der Waals surface area (Å²) in [5.74, 6) is -0.694. The Morgan fingerprint density at radius 1 is 1.31 bits per heavy atom. The van der Waals surface area contributed by atoms with Crippen LogP contribution in [0.15, 0.2) is 36.4 Å². The second kappa shape index (κ2) is 5.85. The molecule has 0 heterocycles. The van der Waals surface area contributed by atoms with E-state index in [4.69, 9.17) is 0 Å². The van der Waals surface area contributed by atoms with Crippen LogP contribution in [0, 0.1) is 6.92 Å². The summed E-state index contributed by atoms with van der Waals surface area (Å²) in [6.45, 7) is 3.93. The van der Waals surface area contributed by atoms with Gasteiger partial charge in [-0.25, -0.2) is 4.79 Å². The van der Waals surface area contributed by atoms with Crippen LogP contribution in [0.5, 0.6) is 0 Å². The number of benzene rings is 1. The number of aryl methyl sites for hydroxylation is 1. The summed E-state index contributed by atoms with van der Waals surface area (Å²) < 4.78 is 4.67. The van der Waals surface area contributed by atoms with Crippen molar-refractivity contribution in [3.8, 4) is 0 Å². The smallest absolute Gasteiger partial charge is 0.330 e. The number of esters is 1. The maximum atomic E-state index is 11.6. The summed E-state index contributed by atoms with van der Waals surface area (Å²) in [6.07, 6.45) is 2.38. The van der Waals surface area contributed by atoms with Crippen molar-refractivity contribution in [2.45, 2.75) is 13.8 Å². The minimum Gasteiger partial charge on any atom is -0.463 e. The molecule has 0 aromatic heterocycles. The van der Waals surface area contributed by atoms with E-state index in [9.17, 15) is 9.59 Å². The number of carbonyl (C=O) groups is 2. The standard InChI is InChI=1S/C13H14O3/c1-3-16-13(15)8-7-12(14)11-6-4-5-10(2)9-11/h4-9H,3H2,1-2H3. The highest BCUT2D eigenvalue weighted by Crippen LogP contribution is 2.05. The van der Waals surface area contributed by atoms with E-state index in [1.54, 1.807) is 25.1 Å². The zero-order valence-electron chi connectivity index (χ0n) is 9.40. The van der Waals surface area contributed by atoms with Gasteiger partial charge in [0.2, 0.25) is 0 Å². The average Bonchev–Trinajstić information content (AvgIpc) is 2.26. The Hall–Kier alpha value is -1.90. The lowest BCUT2D eigenvalue weighted by atomic mass is 10.1. The summed E-state index contributed by atoms with van der Waals surface area (Å²) in [5, 5.41) is 0. The van der Waals surface area contributed by atoms with Gasteiger partial charge in [-0.2, -0.15) is 0 Å². The molecule has 0 aliphatic heterocycles. The monoisotopic (exact) mass is 218 g/mol. The van der Waals surface area contributed by atoms with E-state index in [1.165, 1.54) is 6.08 Å². The third kappa shape index (κ3) is 3.69. The SMILES string of the molecule is CCOC(=O)C=CC(=O)c1cccc(C)c1. The van der Waals surface area contributed by atoms with Crippen molar-refractivity contribution < 1.29 is 14.3 Å². The first-order valence-corrected chi connectivity index (χ1v) is 5.09. The van der Waals surface area contributed by atoms with Crippen LogP contribution in [0.2, 0.25) is 0 Å². The van der Waals surface area contributed by atoms with E-state index < -0.39 is 5.97 Å². The molecule has 1 aromatic carbocycles. The fourth-order valence-electron chi connectivity index (χ4n) is 1.23. The summed E-state index contributed by atoms with van der Waals surface area (Å²) in [7, 11) is 0. The normalized spacial score (nSPS) is 10.4. The maximum Gasteiger partial charge on any atom is 0.330 e. The molecule has 0 N–H and O–H groups in total. The van der Waals surface area contributed by atoms with E-state index in [0.717, 1.165) is 11.6 Å². The van der Waals surface area contributed by atoms with Crippen molar-refractivity contribution in [3.63, 3.8) is 0 Å². The largest absolute Gasteiger partial charge is 0.463 e. The fraction of sp³-hybridized carbons (Fsp3) is 0.231. The fourth-order valence-corrected chi connectivity index (χ4v) is 1.23. The van der Waals surface area contributed by atoms with Gasteiger partial charge < -0.3 is 4.74 Å². The lowest BCUT2D eigenvalue weighted by molar-refractivity contribution is -0.137. The molecule has 0 atom stereocenters. The van der Waals surface area contributed by atoms with E-state index >= 15 is 0 Å². The third-order valence-corrected chi connectivity index (χ3v) is 1.96. The molecule has 0 aliphatic rings. The van der Waals surface area contributed by atoms with Crippen molar-refractivity contribution >= 4 is 11.8 Å². The van der Waals surface area contributed by atoms with Crippen LogP contribution in [0.3, 0.4) is 0 Å². The number of ether oxygens (including phenoxy) is 1. The van der Waals surface area contributed by atoms with Crippen molar-refractivity contribution in [1.82, 2.24) is 0 Å². The number of allylic oxidation sites excluding steroid dienone is 1. The van der Waals surface area contributed by atoms with Gasteiger partial charge in [-0.05, 0) is 26.0 Å². The summed E-state index contributed by atoms with van der Waals surface area (Å²) in [4.78, 5) is 22.6. The van der Waals surface area contributed by atoms with Gasteiger partial charge in [-0.15, -0.1) is 0 Å². The zero-order chi connectivity index (χ0) is 12.0. The molecule has 0 amide bonds. The molecular weight excluding hydrogens is 204 g/mol. The number of hydrogen-bond acceptors (Lipinski definition) is 3. The highest BCUT2D eigenvalue weighted by atomic mass is 16.5. The number of ketones is 1. The lowest BCUT2D eigenvalue weighted by Crippen LogP contribution is -2.01. The van der Waals surface area contributed by atoms with E-state index in [2.05, 4.69) is 4.74 Å². The average molecular weight is 218 g/mol. The topological polar surface area (TPSA) is 43.4 Å². The second-order valence-corrected chi connectivity index (χ2v) is 3.32. The van der Waals surface area contributed by atoms with Crippen LogP contribution in [0.25, 0.3) is 0 Å². The van der Waals surface area contributed by atoms with E-state index in [1.807, 2.05) is 13.0 Å². The molecule has 0 radical (unpaired) electrons. The molecule has 84 valence electrons. The molecule has 0 aliphatic carbocycles. The van der Waals surface area contributed by atoms with Gasteiger partial charge in [0.1, 0.15) is 0 Å². The van der Waals surface area contributed by atoms with Crippen LogP contribution in [0.1, 0.15) is 22.8 Å². The van der Waals surface area contributed by atoms with Crippen LogP contribution in [0.4, 0.5) is 0 Å². The Bertz CT molecular complexity index is 419. The molecule has 1 aromatic rings. The Morgan fingerprint density at radius 2 is 2.06 bits per heavy atom. The first kappa shape index (κ1) is 12.2. The molecule has 0 fully saturated rings. The van der Waals surface area contributed by atoms with Crippen molar-refractivity contribution in [2.75, 3.05) is 6.61 Å². The molecule has 0 spiro atoms. The molecule has 0 bridgehead atoms. The molecule has 0 saturated carbocycles. The molecule has 3 nitrogen and oxygen atoms in total. The number of rotatable bonds is 4. The van der Waals surface area contributed by atoms with Gasteiger partial charge in [0, 0.05) is 11.6 Å². The van der Waals surface area contributed by atoms with Gasteiger partial charge in [-0.3, -0.25) is 4.79 Å². The van der Waals surface area contributed by atoms with Gasteiger partial charge in [-0.1, -0.05) is 23.8 Å². The van der Waals surface area contributed by atoms with Gasteiger partial charge >= 0.3 is 5.97 Å². The lowest BCUT2D eigenvalue weighted by Gasteiger charge is -1.97. The first-order valence-electron chi connectivity index (χ1n) is 5.09. The minimum absolute atomic E-state index is 0.197. The van der Waals surface area contributed by atoms with Crippen molar-refractivity contribution in [2.24, 2.45) is 0 Å². The highest BCUT2D eigenvalue weighted by Gasteiger charge is 2.02. The zero-order valence-corrected chi connectivity index (χ0v) is 9.40. The highest BCUT2D eigenvalue weighted by molar-refractivity contribution is 6.07. The Kier molecular flexibility index (Phi) is 4.45. The molecule has 16 heavy (non-hydrogen) atoms. The van der Waals surface area contributed by atoms with Crippen LogP contribution in [-0.4, -0.2) is 18.4 Å². The summed E-state index contributed by atoms with van der Waals surface area (Å²) >= 11 is 0. The third-order valence-electron chi connectivity index (χ3n) is 1.96. The Labute approximate surface area is 94.7 Å². The Morgan fingerprint density at radius 3 is 2.69 bits per heavy atom. The van der Waals surface area contributed by atoms with Gasteiger partial charge in [0.05, 0.1) is 6.61 Å². The number of carbonyl (C=O) groups excluding carboxylic acids is 2. The van der Waals surface area contributed by atoms with Crippen molar-refractivity contribution in [3.05, 3.63) is 47.5 Å². The predicted molar refractivity (Wildman–Crippen MR) is 61.3 cm³/mol. The van der Waals surface area contributed by atoms with E-state index in [0.29, 0.717) is 12.2 Å². The Balaban J connectivity index is 2.69. The molecule has 1 rings (SSSR count). The number of hydrogen-bond donors (Lipinski definition) is 0. The van der Waals surface area contributed by atoms with Crippen molar-refractivity contribution in [1.29, 1.82) is 0 Å². The molecule has 3 heteroatoms. The van der Waals surface area contributed by atoms with Crippen LogP contribution < -0.4 is 0 Å². The predicted octanol–water partition coefficient (Wildman–Crippen LogP) is 2.30. The molecular formula is C13H14O3.